The summed E-state index contributed by atoms with van der Waals surface area (Å²) in [5.41, 5.74) is 1.00. The Kier molecular flexibility index (Phi) is 4.96. The molecule has 0 spiro atoms. The summed E-state index contributed by atoms with van der Waals surface area (Å²) in [6.07, 6.45) is 1.74. The molecule has 0 bridgehead atoms. The summed E-state index contributed by atoms with van der Waals surface area (Å²) in [6.45, 7) is 1.45. The Labute approximate surface area is 139 Å². The number of carboxylic acid groups (broad SMARTS) is 1. The third-order valence-electron chi connectivity index (χ3n) is 4.14. The Morgan fingerprint density at radius 2 is 1.92 bits per heavy atom. The van der Waals surface area contributed by atoms with Crippen molar-refractivity contribution in [1.29, 1.82) is 0 Å². The number of carbonyl (C=O) groups excluding carboxylic acids is 1. The molecule has 2 N–H and O–H groups in total. The van der Waals surface area contributed by atoms with Gasteiger partial charge < -0.3 is 19.6 Å². The van der Waals surface area contributed by atoms with E-state index in [-0.39, 0.29) is 17.6 Å². The van der Waals surface area contributed by atoms with E-state index in [2.05, 4.69) is 5.32 Å². The predicted molar refractivity (Wildman–Crippen MR) is 85.9 cm³/mol. The second-order valence-electron chi connectivity index (χ2n) is 5.87. The van der Waals surface area contributed by atoms with E-state index < -0.39 is 11.9 Å². The van der Waals surface area contributed by atoms with Crippen molar-refractivity contribution in [3.63, 3.8) is 0 Å². The molecular weight excluding hydrogens is 310 g/mol. The number of carboxylic acids is 1. The van der Waals surface area contributed by atoms with Crippen LogP contribution >= 0.6 is 0 Å². The third-order valence-corrected chi connectivity index (χ3v) is 4.14. The summed E-state index contributed by atoms with van der Waals surface area (Å²) in [7, 11) is 0. The number of aromatic carboxylic acids is 1. The van der Waals surface area contributed by atoms with Crippen molar-refractivity contribution in [2.24, 2.45) is 5.92 Å². The Hall–Kier alpha value is -2.60. The zero-order valence-electron chi connectivity index (χ0n) is 13.1. The van der Waals surface area contributed by atoms with Gasteiger partial charge in [0.2, 0.25) is 5.76 Å². The fourth-order valence-corrected chi connectivity index (χ4v) is 2.87. The Morgan fingerprint density at radius 1 is 1.17 bits per heavy atom. The quantitative estimate of drug-likeness (QED) is 0.850. The van der Waals surface area contributed by atoms with E-state index in [1.807, 2.05) is 30.3 Å². The number of ether oxygens (including phenoxy) is 1. The van der Waals surface area contributed by atoms with E-state index in [1.165, 1.54) is 12.1 Å². The van der Waals surface area contributed by atoms with Gasteiger partial charge >= 0.3 is 5.97 Å². The highest BCUT2D eigenvalue weighted by Crippen LogP contribution is 2.27. The van der Waals surface area contributed by atoms with Crippen molar-refractivity contribution in [3.05, 3.63) is 59.5 Å². The van der Waals surface area contributed by atoms with Gasteiger partial charge in [0.15, 0.2) is 5.76 Å². The minimum absolute atomic E-state index is 0.00370. The number of nitrogens with one attached hydrogen (secondary N) is 1. The maximum absolute atomic E-state index is 12.4. The van der Waals surface area contributed by atoms with Gasteiger partial charge in [0.25, 0.3) is 5.91 Å². The summed E-state index contributed by atoms with van der Waals surface area (Å²) < 4.78 is 10.5. The van der Waals surface area contributed by atoms with Crippen LogP contribution < -0.4 is 5.32 Å². The molecule has 1 fully saturated rings. The minimum atomic E-state index is -1.20. The first-order valence-corrected chi connectivity index (χ1v) is 7.90. The van der Waals surface area contributed by atoms with Gasteiger partial charge in [0.05, 0.1) is 6.04 Å². The smallest absolute Gasteiger partial charge is 0.371 e. The van der Waals surface area contributed by atoms with Gasteiger partial charge in [-0.15, -0.1) is 0 Å². The van der Waals surface area contributed by atoms with Crippen LogP contribution in [0.1, 0.15) is 45.6 Å². The van der Waals surface area contributed by atoms with E-state index in [9.17, 15) is 9.59 Å². The first-order chi connectivity index (χ1) is 11.6. The molecule has 6 heteroatoms. The number of benzene rings is 1. The highest BCUT2D eigenvalue weighted by molar-refractivity contribution is 5.93. The van der Waals surface area contributed by atoms with Crippen LogP contribution in [0, 0.1) is 5.92 Å². The lowest BCUT2D eigenvalue weighted by atomic mass is 9.94. The monoisotopic (exact) mass is 329 g/mol. The highest BCUT2D eigenvalue weighted by atomic mass is 16.5. The Morgan fingerprint density at radius 3 is 2.54 bits per heavy atom. The molecule has 24 heavy (non-hydrogen) atoms. The van der Waals surface area contributed by atoms with Gasteiger partial charge in [-0.05, 0) is 36.5 Å². The van der Waals surface area contributed by atoms with Crippen molar-refractivity contribution >= 4 is 11.9 Å². The number of rotatable bonds is 6. The first kappa shape index (κ1) is 16.3. The second-order valence-corrected chi connectivity index (χ2v) is 5.87. The molecule has 0 saturated carbocycles. The fraction of sp³-hybridized carbons (Fsp3) is 0.333. The number of hydrogen-bond acceptors (Lipinski definition) is 4. The van der Waals surface area contributed by atoms with Gasteiger partial charge in [-0.2, -0.15) is 0 Å². The first-order valence-electron chi connectivity index (χ1n) is 7.90. The lowest BCUT2D eigenvalue weighted by Crippen LogP contribution is -2.30. The molecule has 126 valence electrons. The van der Waals surface area contributed by atoms with E-state index in [1.54, 1.807) is 0 Å². The van der Waals surface area contributed by atoms with Crippen LogP contribution in [0.15, 0.2) is 46.9 Å². The molecule has 0 radical (unpaired) electrons. The van der Waals surface area contributed by atoms with Crippen LogP contribution in [0.5, 0.6) is 0 Å². The standard InChI is InChI=1S/C18H19NO5/c20-17(15-6-7-16(24-15)18(21)22)19-14(10-12-8-9-23-11-12)13-4-2-1-3-5-13/h1-7,12,14H,8-11H2,(H,19,20)(H,21,22). The largest absolute Gasteiger partial charge is 0.475 e. The van der Waals surface area contributed by atoms with E-state index >= 15 is 0 Å². The molecule has 1 aromatic heterocycles. The average Bonchev–Trinajstić information content (AvgIpc) is 3.26. The summed E-state index contributed by atoms with van der Waals surface area (Å²) in [5.74, 6) is -1.48. The molecule has 1 aliphatic heterocycles. The average molecular weight is 329 g/mol. The summed E-state index contributed by atoms with van der Waals surface area (Å²) in [4.78, 5) is 23.3. The van der Waals surface area contributed by atoms with Crippen molar-refractivity contribution in [3.8, 4) is 0 Å². The molecule has 0 aliphatic carbocycles. The zero-order valence-corrected chi connectivity index (χ0v) is 13.1. The molecule has 3 rings (SSSR count). The van der Waals surface area contributed by atoms with Crippen molar-refractivity contribution < 1.29 is 23.8 Å². The van der Waals surface area contributed by atoms with E-state index in [0.717, 1.165) is 25.0 Å². The lowest BCUT2D eigenvalue weighted by Gasteiger charge is -2.21. The normalized spacial score (nSPS) is 18.2. The molecule has 2 heterocycles. The molecule has 2 aromatic rings. The highest BCUT2D eigenvalue weighted by Gasteiger charge is 2.25. The molecule has 2 unspecified atom stereocenters. The lowest BCUT2D eigenvalue weighted by molar-refractivity contribution is 0.0659. The van der Waals surface area contributed by atoms with Crippen LogP contribution in [0.25, 0.3) is 0 Å². The predicted octanol–water partition coefficient (Wildman–Crippen LogP) is 2.88. The molecule has 1 saturated heterocycles. The maximum Gasteiger partial charge on any atom is 0.371 e. The van der Waals surface area contributed by atoms with Gasteiger partial charge in [-0.3, -0.25) is 4.79 Å². The molecular formula is C18H19NO5. The molecule has 2 atom stereocenters. The topological polar surface area (TPSA) is 88.8 Å². The van der Waals surface area contributed by atoms with Crippen LogP contribution in [-0.2, 0) is 4.74 Å². The van der Waals surface area contributed by atoms with Crippen LogP contribution in [0.3, 0.4) is 0 Å². The van der Waals surface area contributed by atoms with Crippen LogP contribution in [0.2, 0.25) is 0 Å². The zero-order chi connectivity index (χ0) is 16.9. The molecule has 1 amide bonds. The summed E-state index contributed by atoms with van der Waals surface area (Å²) in [6, 6.07) is 12.2. The van der Waals surface area contributed by atoms with Gasteiger partial charge in [0, 0.05) is 13.2 Å². The minimum Gasteiger partial charge on any atom is -0.475 e. The number of hydrogen-bond donors (Lipinski definition) is 2. The van der Waals surface area contributed by atoms with Gasteiger partial charge in [0.1, 0.15) is 0 Å². The molecule has 1 aromatic carbocycles. The molecule has 6 nitrogen and oxygen atoms in total. The fourth-order valence-electron chi connectivity index (χ4n) is 2.87. The van der Waals surface area contributed by atoms with E-state index in [4.69, 9.17) is 14.3 Å². The van der Waals surface area contributed by atoms with Crippen LogP contribution in [-0.4, -0.2) is 30.2 Å². The third kappa shape index (κ3) is 3.83. The summed E-state index contributed by atoms with van der Waals surface area (Å²) >= 11 is 0. The van der Waals surface area contributed by atoms with Crippen LogP contribution in [0.4, 0.5) is 0 Å². The van der Waals surface area contributed by atoms with Gasteiger partial charge in [-0.25, -0.2) is 4.79 Å². The Balaban J connectivity index is 1.74. The maximum atomic E-state index is 12.4. The number of furan rings is 1. The number of carbonyl (C=O) groups is 2. The van der Waals surface area contributed by atoms with Crippen molar-refractivity contribution in [2.45, 2.75) is 18.9 Å². The van der Waals surface area contributed by atoms with Crippen molar-refractivity contribution in [1.82, 2.24) is 5.32 Å². The Bertz CT molecular complexity index is 703. The van der Waals surface area contributed by atoms with E-state index in [0.29, 0.717) is 12.5 Å². The number of amides is 1. The van der Waals surface area contributed by atoms with Gasteiger partial charge in [-0.1, -0.05) is 30.3 Å². The SMILES string of the molecule is O=C(O)c1ccc(C(=O)NC(CC2CCOC2)c2ccccc2)o1. The second kappa shape index (κ2) is 7.31. The van der Waals surface area contributed by atoms with Crippen molar-refractivity contribution in [2.75, 3.05) is 13.2 Å². The molecule has 1 aliphatic rings. The summed E-state index contributed by atoms with van der Waals surface area (Å²) in [5, 5.41) is 11.8.